The Balaban J connectivity index is 1.74. The van der Waals surface area contributed by atoms with E-state index < -0.39 is 17.9 Å². The van der Waals surface area contributed by atoms with Crippen molar-refractivity contribution in [3.63, 3.8) is 0 Å². The average molecular weight is 427 g/mol. The first kappa shape index (κ1) is 21.7. The SMILES string of the molecule is COc1cccc(C=C2Oc3cc(OCC(=O)NC(C)C(=O)O)ccc3C2=O)c1OC. The highest BCUT2D eigenvalue weighted by Gasteiger charge is 2.28. The maximum Gasteiger partial charge on any atom is 0.325 e. The molecule has 0 aliphatic carbocycles. The maximum absolute atomic E-state index is 12.7. The summed E-state index contributed by atoms with van der Waals surface area (Å²) in [4.78, 5) is 35.2. The Bertz CT molecular complexity index is 1060. The number of carbonyl (C=O) groups is 3. The lowest BCUT2D eigenvalue weighted by atomic mass is 10.1. The molecule has 1 aliphatic rings. The smallest absolute Gasteiger partial charge is 0.325 e. The molecule has 2 aromatic rings. The van der Waals surface area contributed by atoms with Crippen molar-refractivity contribution >= 4 is 23.7 Å². The number of fused-ring (bicyclic) bond motifs is 1. The van der Waals surface area contributed by atoms with E-state index >= 15 is 0 Å². The molecule has 0 fully saturated rings. The summed E-state index contributed by atoms with van der Waals surface area (Å²) in [6.07, 6.45) is 1.56. The summed E-state index contributed by atoms with van der Waals surface area (Å²) < 4.78 is 21.7. The molecule has 1 unspecified atom stereocenters. The number of allylic oxidation sites excluding steroid dienone is 1. The molecular weight excluding hydrogens is 406 g/mol. The van der Waals surface area contributed by atoms with Crippen LogP contribution in [0.4, 0.5) is 0 Å². The van der Waals surface area contributed by atoms with E-state index in [9.17, 15) is 14.4 Å². The Labute approximate surface area is 178 Å². The van der Waals surface area contributed by atoms with Gasteiger partial charge in [-0.15, -0.1) is 0 Å². The fraction of sp³-hybridized carbons (Fsp3) is 0.227. The highest BCUT2D eigenvalue weighted by atomic mass is 16.5. The molecule has 31 heavy (non-hydrogen) atoms. The van der Waals surface area contributed by atoms with Crippen molar-refractivity contribution in [3.8, 4) is 23.0 Å². The van der Waals surface area contributed by atoms with Crippen LogP contribution in [0, 0.1) is 0 Å². The Hall–Kier alpha value is -4.01. The first-order valence-electron chi connectivity index (χ1n) is 9.28. The van der Waals surface area contributed by atoms with Crippen molar-refractivity contribution in [1.29, 1.82) is 0 Å². The summed E-state index contributed by atoms with van der Waals surface area (Å²) in [7, 11) is 3.02. The van der Waals surface area contributed by atoms with E-state index in [4.69, 9.17) is 24.1 Å². The molecular formula is C22H21NO8. The van der Waals surface area contributed by atoms with Gasteiger partial charge in [0.05, 0.1) is 19.8 Å². The minimum Gasteiger partial charge on any atom is -0.493 e. The maximum atomic E-state index is 12.7. The Morgan fingerprint density at radius 1 is 1.19 bits per heavy atom. The van der Waals surface area contributed by atoms with Gasteiger partial charge in [-0.2, -0.15) is 0 Å². The number of carboxylic acids is 1. The lowest BCUT2D eigenvalue weighted by Gasteiger charge is -2.11. The van der Waals surface area contributed by atoms with E-state index in [2.05, 4.69) is 5.32 Å². The zero-order valence-electron chi connectivity index (χ0n) is 17.1. The molecule has 0 saturated heterocycles. The Kier molecular flexibility index (Phi) is 6.44. The fourth-order valence-electron chi connectivity index (χ4n) is 2.92. The third-order valence-electron chi connectivity index (χ3n) is 4.48. The molecule has 2 aromatic carbocycles. The normalized spacial score (nSPS) is 14.4. The number of Topliss-reactive ketones (excluding diaryl/α,β-unsaturated/α-hetero) is 1. The Morgan fingerprint density at radius 2 is 1.97 bits per heavy atom. The molecule has 0 bridgehead atoms. The molecule has 0 spiro atoms. The zero-order valence-corrected chi connectivity index (χ0v) is 17.1. The second-order valence-electron chi connectivity index (χ2n) is 6.60. The topological polar surface area (TPSA) is 120 Å². The van der Waals surface area contributed by atoms with Crippen LogP contribution in [0.2, 0.25) is 0 Å². The van der Waals surface area contributed by atoms with Crippen molar-refractivity contribution in [2.45, 2.75) is 13.0 Å². The number of ketones is 1. The van der Waals surface area contributed by atoms with E-state index in [-0.39, 0.29) is 23.9 Å². The first-order valence-corrected chi connectivity index (χ1v) is 9.28. The van der Waals surface area contributed by atoms with Crippen LogP contribution in [0.15, 0.2) is 42.2 Å². The molecule has 9 nitrogen and oxygen atoms in total. The lowest BCUT2D eigenvalue weighted by molar-refractivity contribution is -0.141. The predicted molar refractivity (Wildman–Crippen MR) is 110 cm³/mol. The van der Waals surface area contributed by atoms with E-state index in [1.54, 1.807) is 24.3 Å². The second-order valence-corrected chi connectivity index (χ2v) is 6.60. The van der Waals surface area contributed by atoms with Gasteiger partial charge < -0.3 is 29.4 Å². The zero-order chi connectivity index (χ0) is 22.5. The summed E-state index contributed by atoms with van der Waals surface area (Å²) in [6.45, 7) is 0.967. The third kappa shape index (κ3) is 4.77. The molecule has 2 N–H and O–H groups in total. The molecule has 1 amide bonds. The number of methoxy groups -OCH3 is 2. The van der Waals surface area contributed by atoms with Gasteiger partial charge in [-0.1, -0.05) is 12.1 Å². The number of ether oxygens (including phenoxy) is 4. The van der Waals surface area contributed by atoms with Gasteiger partial charge in [-0.3, -0.25) is 14.4 Å². The summed E-state index contributed by atoms with van der Waals surface area (Å²) in [6, 6.07) is 8.80. The van der Waals surface area contributed by atoms with Gasteiger partial charge in [0.2, 0.25) is 5.78 Å². The minimum absolute atomic E-state index is 0.103. The Morgan fingerprint density at radius 3 is 2.65 bits per heavy atom. The molecule has 0 aromatic heterocycles. The van der Waals surface area contributed by atoms with Crippen molar-refractivity contribution in [2.75, 3.05) is 20.8 Å². The summed E-state index contributed by atoms with van der Waals surface area (Å²) in [5.74, 6) is -0.365. The first-order chi connectivity index (χ1) is 14.8. The van der Waals surface area contributed by atoms with Gasteiger partial charge in [0, 0.05) is 11.6 Å². The van der Waals surface area contributed by atoms with Crippen molar-refractivity contribution in [2.24, 2.45) is 0 Å². The second kappa shape index (κ2) is 9.21. The van der Waals surface area contributed by atoms with Crippen LogP contribution in [-0.4, -0.2) is 49.6 Å². The van der Waals surface area contributed by atoms with Gasteiger partial charge in [0.25, 0.3) is 5.91 Å². The van der Waals surface area contributed by atoms with Crippen molar-refractivity contribution in [1.82, 2.24) is 5.32 Å². The number of para-hydroxylation sites is 1. The summed E-state index contributed by atoms with van der Waals surface area (Å²) >= 11 is 0. The minimum atomic E-state index is -1.15. The molecule has 0 radical (unpaired) electrons. The van der Waals surface area contributed by atoms with Crippen LogP contribution < -0.4 is 24.3 Å². The average Bonchev–Trinajstić information content (AvgIpc) is 3.06. The molecule has 9 heteroatoms. The quantitative estimate of drug-likeness (QED) is 0.616. The number of nitrogens with one attached hydrogen (secondary N) is 1. The van der Waals surface area contributed by atoms with E-state index in [0.717, 1.165) is 0 Å². The molecule has 1 aliphatic heterocycles. The van der Waals surface area contributed by atoms with Gasteiger partial charge in [-0.25, -0.2) is 0 Å². The number of carboxylic acid groups (broad SMARTS) is 1. The largest absolute Gasteiger partial charge is 0.493 e. The molecule has 1 heterocycles. The van der Waals surface area contributed by atoms with Crippen LogP contribution in [-0.2, 0) is 9.59 Å². The van der Waals surface area contributed by atoms with Gasteiger partial charge in [0.1, 0.15) is 17.5 Å². The number of amides is 1. The van der Waals surface area contributed by atoms with Crippen LogP contribution in [0.1, 0.15) is 22.8 Å². The number of rotatable bonds is 8. The lowest BCUT2D eigenvalue weighted by Crippen LogP contribution is -2.40. The van der Waals surface area contributed by atoms with Crippen molar-refractivity contribution in [3.05, 3.63) is 53.3 Å². The summed E-state index contributed by atoms with van der Waals surface area (Å²) in [5, 5.41) is 11.1. The van der Waals surface area contributed by atoms with Crippen LogP contribution >= 0.6 is 0 Å². The van der Waals surface area contributed by atoms with E-state index in [0.29, 0.717) is 28.4 Å². The third-order valence-corrected chi connectivity index (χ3v) is 4.48. The van der Waals surface area contributed by atoms with Crippen molar-refractivity contribution < 1.29 is 38.4 Å². The highest BCUT2D eigenvalue weighted by Crippen LogP contribution is 2.37. The summed E-state index contributed by atoms with van der Waals surface area (Å²) in [5.41, 5.74) is 0.961. The van der Waals surface area contributed by atoms with Crippen LogP contribution in [0.25, 0.3) is 6.08 Å². The van der Waals surface area contributed by atoms with Gasteiger partial charge in [0.15, 0.2) is 23.9 Å². The fourth-order valence-corrected chi connectivity index (χ4v) is 2.92. The molecule has 1 atom stereocenters. The van der Waals surface area contributed by atoms with Crippen LogP contribution in [0.3, 0.4) is 0 Å². The molecule has 0 saturated carbocycles. The van der Waals surface area contributed by atoms with E-state index in [1.807, 2.05) is 0 Å². The van der Waals surface area contributed by atoms with Gasteiger partial charge in [-0.05, 0) is 31.2 Å². The number of hydrogen-bond acceptors (Lipinski definition) is 7. The molecule has 162 valence electrons. The van der Waals surface area contributed by atoms with Crippen LogP contribution in [0.5, 0.6) is 23.0 Å². The predicted octanol–water partition coefficient (Wildman–Crippen LogP) is 2.29. The number of benzene rings is 2. The van der Waals surface area contributed by atoms with Gasteiger partial charge >= 0.3 is 5.97 Å². The standard InChI is InChI=1S/C22H21NO8/c1-12(22(26)27)23-19(24)11-30-14-7-8-15-17(10-14)31-18(20(15)25)9-13-5-4-6-16(28-2)21(13)29-3/h4-10,12H,11H2,1-3H3,(H,23,24)(H,26,27). The van der Waals surface area contributed by atoms with E-state index in [1.165, 1.54) is 39.3 Å². The monoisotopic (exact) mass is 427 g/mol. The number of hydrogen-bond donors (Lipinski definition) is 2. The molecule has 3 rings (SSSR count). The highest BCUT2D eigenvalue weighted by molar-refractivity contribution is 6.14. The number of carbonyl (C=O) groups excluding carboxylic acids is 2. The number of aliphatic carboxylic acids is 1.